The van der Waals surface area contributed by atoms with E-state index in [1.54, 1.807) is 0 Å². The molecule has 2 aromatic heterocycles. The minimum absolute atomic E-state index is 0.657. The van der Waals surface area contributed by atoms with Crippen LogP contribution in [-0.4, -0.2) is 0 Å². The van der Waals surface area contributed by atoms with E-state index < -0.39 is 0 Å². The molecule has 0 saturated heterocycles. The van der Waals surface area contributed by atoms with Gasteiger partial charge in [0, 0.05) is 21.5 Å². The molecule has 7 rings (SSSR count). The number of hydrogen-bond donors (Lipinski definition) is 0. The zero-order valence-corrected chi connectivity index (χ0v) is 16.9. The minimum Gasteiger partial charge on any atom is -0.455 e. The molecule has 0 atom stereocenters. The van der Waals surface area contributed by atoms with Gasteiger partial charge in [0.1, 0.15) is 22.3 Å². The monoisotopic (exact) mass is 409 g/mol. The topological polar surface area (TPSA) is 50.1 Å². The highest BCUT2D eigenvalue weighted by Crippen LogP contribution is 2.44. The molecule has 0 saturated carbocycles. The molecule has 0 spiro atoms. The summed E-state index contributed by atoms with van der Waals surface area (Å²) in [7, 11) is 0. The van der Waals surface area contributed by atoms with E-state index in [4.69, 9.17) is 8.83 Å². The summed E-state index contributed by atoms with van der Waals surface area (Å²) in [5, 5.41) is 15.7. The van der Waals surface area contributed by atoms with Crippen molar-refractivity contribution in [1.82, 2.24) is 0 Å². The molecule has 0 amide bonds. The van der Waals surface area contributed by atoms with Gasteiger partial charge in [-0.15, -0.1) is 0 Å². The highest BCUT2D eigenvalue weighted by molar-refractivity contribution is 6.22. The van der Waals surface area contributed by atoms with Crippen LogP contribution >= 0.6 is 0 Å². The van der Waals surface area contributed by atoms with Gasteiger partial charge in [-0.2, -0.15) is 5.26 Å². The van der Waals surface area contributed by atoms with Gasteiger partial charge in [-0.05, 0) is 52.7 Å². The molecule has 32 heavy (non-hydrogen) atoms. The number of furan rings is 2. The van der Waals surface area contributed by atoms with Crippen molar-refractivity contribution in [3.05, 3.63) is 96.6 Å². The third kappa shape index (κ3) is 2.29. The van der Waals surface area contributed by atoms with Crippen LogP contribution in [0.5, 0.6) is 0 Å². The summed E-state index contributed by atoms with van der Waals surface area (Å²) in [6.07, 6.45) is 0. The molecule has 0 unspecified atom stereocenters. The number of para-hydroxylation sites is 2. The maximum Gasteiger partial charge on any atom is 0.147 e. The lowest BCUT2D eigenvalue weighted by molar-refractivity contribution is 0.658. The van der Waals surface area contributed by atoms with Gasteiger partial charge in [0.25, 0.3) is 0 Å². The Kier molecular flexibility index (Phi) is 3.34. The summed E-state index contributed by atoms with van der Waals surface area (Å²) in [5.41, 5.74) is 6.01. The molecule has 3 heteroatoms. The lowest BCUT2D eigenvalue weighted by Crippen LogP contribution is -1.83. The van der Waals surface area contributed by atoms with Crippen LogP contribution < -0.4 is 0 Å². The number of nitrogens with zero attached hydrogens (tertiary/aromatic N) is 1. The lowest BCUT2D eigenvalue weighted by Gasteiger charge is -2.07. The Bertz CT molecular complexity index is 1810. The summed E-state index contributed by atoms with van der Waals surface area (Å²) >= 11 is 0. The number of benzene rings is 5. The van der Waals surface area contributed by atoms with E-state index in [0.29, 0.717) is 5.56 Å². The summed E-state index contributed by atoms with van der Waals surface area (Å²) in [4.78, 5) is 0. The molecular formula is C29H15NO2. The van der Waals surface area contributed by atoms with E-state index in [9.17, 15) is 5.26 Å². The molecule has 3 nitrogen and oxygen atoms in total. The molecule has 0 fully saturated rings. The normalized spacial score (nSPS) is 11.7. The Hall–Kier alpha value is -4.55. The molecule has 0 bridgehead atoms. The van der Waals surface area contributed by atoms with Gasteiger partial charge < -0.3 is 8.83 Å². The highest BCUT2D eigenvalue weighted by Gasteiger charge is 2.20. The first-order valence-electron chi connectivity index (χ1n) is 10.5. The zero-order valence-electron chi connectivity index (χ0n) is 16.9. The molecule has 7 aromatic rings. The van der Waals surface area contributed by atoms with Crippen LogP contribution in [0.1, 0.15) is 5.56 Å². The van der Waals surface area contributed by atoms with Crippen molar-refractivity contribution in [3.63, 3.8) is 0 Å². The van der Waals surface area contributed by atoms with E-state index in [2.05, 4.69) is 42.5 Å². The third-order valence-corrected chi connectivity index (χ3v) is 6.27. The van der Waals surface area contributed by atoms with E-state index in [1.807, 2.05) is 54.6 Å². The van der Waals surface area contributed by atoms with Crippen molar-refractivity contribution < 1.29 is 8.83 Å². The van der Waals surface area contributed by atoms with Crippen LogP contribution in [0, 0.1) is 11.3 Å². The van der Waals surface area contributed by atoms with E-state index >= 15 is 0 Å². The Balaban J connectivity index is 1.66. The van der Waals surface area contributed by atoms with Crippen molar-refractivity contribution in [2.75, 3.05) is 0 Å². The fourth-order valence-corrected chi connectivity index (χ4v) is 4.77. The summed E-state index contributed by atoms with van der Waals surface area (Å²) in [6, 6.07) is 32.7. The van der Waals surface area contributed by atoms with E-state index in [-0.39, 0.29) is 0 Å². The Labute approximate surface area is 182 Å². The predicted molar refractivity (Wildman–Crippen MR) is 129 cm³/mol. The number of rotatable bonds is 1. The van der Waals surface area contributed by atoms with Crippen LogP contribution in [0.2, 0.25) is 0 Å². The van der Waals surface area contributed by atoms with Gasteiger partial charge in [-0.1, -0.05) is 54.6 Å². The average Bonchev–Trinajstić information content (AvgIpc) is 3.40. The van der Waals surface area contributed by atoms with Gasteiger partial charge in [0.2, 0.25) is 0 Å². The molecule has 148 valence electrons. The van der Waals surface area contributed by atoms with Crippen LogP contribution in [0.4, 0.5) is 0 Å². The fourth-order valence-electron chi connectivity index (χ4n) is 4.77. The number of fused-ring (bicyclic) bond motifs is 7. The predicted octanol–water partition coefficient (Wildman–Crippen LogP) is 8.18. The van der Waals surface area contributed by atoms with Crippen molar-refractivity contribution in [2.45, 2.75) is 0 Å². The van der Waals surface area contributed by atoms with Gasteiger partial charge >= 0.3 is 0 Å². The fraction of sp³-hybridized carbons (Fsp3) is 0. The number of nitriles is 1. The van der Waals surface area contributed by atoms with E-state index in [1.165, 1.54) is 0 Å². The van der Waals surface area contributed by atoms with Gasteiger partial charge in [-0.3, -0.25) is 0 Å². The summed E-state index contributed by atoms with van der Waals surface area (Å²) in [6.45, 7) is 0. The quantitative estimate of drug-likeness (QED) is 0.275. The molecule has 0 radical (unpaired) electrons. The first kappa shape index (κ1) is 17.2. The van der Waals surface area contributed by atoms with Crippen molar-refractivity contribution in [1.29, 1.82) is 5.26 Å². The van der Waals surface area contributed by atoms with Crippen LogP contribution in [-0.2, 0) is 0 Å². The van der Waals surface area contributed by atoms with Crippen LogP contribution in [0.3, 0.4) is 0 Å². The molecule has 0 N–H and O–H groups in total. The Morgan fingerprint density at radius 1 is 0.562 bits per heavy atom. The zero-order chi connectivity index (χ0) is 21.2. The molecule has 5 aromatic carbocycles. The standard InChI is InChI=1S/C29H15NO2/c30-16-17-9-10-19-14-20(12-11-18(19)13-17)27-28-23(21-5-1-3-7-25(21)31-28)15-24-22-6-2-4-8-26(22)32-29(24)27/h1-15H. The molecule has 2 heterocycles. The Morgan fingerprint density at radius 2 is 1.16 bits per heavy atom. The third-order valence-electron chi connectivity index (χ3n) is 6.27. The van der Waals surface area contributed by atoms with Crippen LogP contribution in [0.25, 0.3) is 65.8 Å². The minimum atomic E-state index is 0.657. The second-order valence-electron chi connectivity index (χ2n) is 8.09. The first-order valence-corrected chi connectivity index (χ1v) is 10.5. The summed E-state index contributed by atoms with van der Waals surface area (Å²) in [5.74, 6) is 0. The molecular weight excluding hydrogens is 394 g/mol. The maximum atomic E-state index is 9.23. The maximum absolute atomic E-state index is 9.23. The van der Waals surface area contributed by atoms with Gasteiger partial charge in [0.05, 0.1) is 17.2 Å². The summed E-state index contributed by atoms with van der Waals surface area (Å²) < 4.78 is 12.8. The largest absolute Gasteiger partial charge is 0.455 e. The molecule has 0 aliphatic rings. The average molecular weight is 409 g/mol. The first-order chi connectivity index (χ1) is 15.8. The van der Waals surface area contributed by atoms with Crippen molar-refractivity contribution in [3.8, 4) is 17.2 Å². The number of hydrogen-bond acceptors (Lipinski definition) is 3. The molecule has 0 aliphatic heterocycles. The highest BCUT2D eigenvalue weighted by atomic mass is 16.3. The SMILES string of the molecule is N#Cc1ccc2cc(-c3c4oc5ccccc5c4cc4c3oc3ccccc34)ccc2c1. The lowest BCUT2D eigenvalue weighted by atomic mass is 9.96. The second kappa shape index (κ2) is 6.23. The Morgan fingerprint density at radius 3 is 1.81 bits per heavy atom. The smallest absolute Gasteiger partial charge is 0.147 e. The van der Waals surface area contributed by atoms with Crippen LogP contribution in [0.15, 0.2) is 99.8 Å². The van der Waals surface area contributed by atoms with Crippen molar-refractivity contribution in [2.24, 2.45) is 0 Å². The van der Waals surface area contributed by atoms with E-state index in [0.717, 1.165) is 65.8 Å². The molecule has 0 aliphatic carbocycles. The van der Waals surface area contributed by atoms with Gasteiger partial charge in [-0.25, -0.2) is 0 Å². The van der Waals surface area contributed by atoms with Gasteiger partial charge in [0.15, 0.2) is 0 Å². The van der Waals surface area contributed by atoms with Crippen molar-refractivity contribution >= 4 is 54.6 Å². The second-order valence-corrected chi connectivity index (χ2v) is 8.09.